The molecule has 1 aromatic rings. The minimum Gasteiger partial charge on any atom is -0.367 e. The number of rotatable bonds is 2. The fraction of sp³-hybridized carbons (Fsp3) is 0.583. The second-order valence-electron chi connectivity index (χ2n) is 4.11. The number of piperazine rings is 1. The van der Waals surface area contributed by atoms with Crippen molar-refractivity contribution >= 4 is 5.69 Å². The Labute approximate surface area is 91.5 Å². The summed E-state index contributed by atoms with van der Waals surface area (Å²) in [4.78, 5) is 6.78. The lowest BCUT2D eigenvalue weighted by molar-refractivity contribution is 0.446. The van der Waals surface area contributed by atoms with Gasteiger partial charge in [-0.3, -0.25) is 4.98 Å². The quantitative estimate of drug-likeness (QED) is 0.794. The van der Waals surface area contributed by atoms with Crippen LogP contribution in [-0.4, -0.2) is 30.7 Å². The van der Waals surface area contributed by atoms with E-state index >= 15 is 0 Å². The second-order valence-corrected chi connectivity index (χ2v) is 4.11. The Morgan fingerprint density at radius 3 is 3.20 bits per heavy atom. The van der Waals surface area contributed by atoms with E-state index in [0.29, 0.717) is 6.04 Å². The molecule has 0 spiro atoms. The molecule has 1 aliphatic rings. The molecule has 0 radical (unpaired) electrons. The molecule has 1 N–H and O–H groups in total. The third kappa shape index (κ3) is 2.29. The molecule has 0 aliphatic carbocycles. The molecule has 1 unspecified atom stereocenters. The first-order valence-electron chi connectivity index (χ1n) is 5.71. The lowest BCUT2D eigenvalue weighted by Crippen LogP contribution is -2.50. The standard InChI is InChI=1S/C12H19N3/c1-3-11-9-15(8-7-14-11)12-5-4-6-13-10(12)2/h4-6,11,14H,3,7-9H2,1-2H3. The third-order valence-electron chi connectivity index (χ3n) is 3.07. The Kier molecular flexibility index (Phi) is 3.21. The zero-order chi connectivity index (χ0) is 10.7. The largest absolute Gasteiger partial charge is 0.367 e. The van der Waals surface area contributed by atoms with E-state index in [1.54, 1.807) is 0 Å². The van der Waals surface area contributed by atoms with E-state index in [1.807, 2.05) is 12.3 Å². The van der Waals surface area contributed by atoms with E-state index in [4.69, 9.17) is 0 Å². The highest BCUT2D eigenvalue weighted by Gasteiger charge is 2.18. The molecule has 82 valence electrons. The van der Waals surface area contributed by atoms with Crippen molar-refractivity contribution in [3.05, 3.63) is 24.0 Å². The minimum atomic E-state index is 0.623. The molecular formula is C12H19N3. The molecule has 15 heavy (non-hydrogen) atoms. The first-order chi connectivity index (χ1) is 7.31. The van der Waals surface area contributed by atoms with Crippen molar-refractivity contribution in [2.45, 2.75) is 26.3 Å². The van der Waals surface area contributed by atoms with Crippen molar-refractivity contribution in [1.82, 2.24) is 10.3 Å². The predicted octanol–water partition coefficient (Wildman–Crippen LogP) is 1.58. The van der Waals surface area contributed by atoms with Gasteiger partial charge >= 0.3 is 0 Å². The van der Waals surface area contributed by atoms with Gasteiger partial charge in [-0.2, -0.15) is 0 Å². The molecule has 0 saturated carbocycles. The van der Waals surface area contributed by atoms with E-state index in [1.165, 1.54) is 12.1 Å². The molecular weight excluding hydrogens is 186 g/mol. The van der Waals surface area contributed by atoms with Crippen LogP contribution in [-0.2, 0) is 0 Å². The lowest BCUT2D eigenvalue weighted by atomic mass is 10.1. The van der Waals surface area contributed by atoms with E-state index in [0.717, 1.165) is 25.3 Å². The molecule has 1 atom stereocenters. The van der Waals surface area contributed by atoms with Crippen molar-refractivity contribution in [1.29, 1.82) is 0 Å². The van der Waals surface area contributed by atoms with Crippen molar-refractivity contribution in [2.24, 2.45) is 0 Å². The molecule has 2 heterocycles. The van der Waals surface area contributed by atoms with Gasteiger partial charge in [-0.25, -0.2) is 0 Å². The number of aromatic nitrogens is 1. The van der Waals surface area contributed by atoms with Gasteiger partial charge in [0.15, 0.2) is 0 Å². The van der Waals surface area contributed by atoms with E-state index in [2.05, 4.69) is 35.1 Å². The number of pyridine rings is 1. The highest BCUT2D eigenvalue weighted by molar-refractivity contribution is 5.50. The summed E-state index contributed by atoms with van der Waals surface area (Å²) in [5.74, 6) is 0. The maximum atomic E-state index is 4.34. The molecule has 3 nitrogen and oxygen atoms in total. The molecule has 2 rings (SSSR count). The Bertz CT molecular complexity index is 324. The summed E-state index contributed by atoms with van der Waals surface area (Å²) in [5.41, 5.74) is 2.42. The maximum absolute atomic E-state index is 4.34. The molecule has 1 fully saturated rings. The zero-order valence-corrected chi connectivity index (χ0v) is 9.53. The fourth-order valence-corrected chi connectivity index (χ4v) is 2.13. The van der Waals surface area contributed by atoms with Crippen molar-refractivity contribution in [3.8, 4) is 0 Å². The smallest absolute Gasteiger partial charge is 0.0605 e. The highest BCUT2D eigenvalue weighted by Crippen LogP contribution is 2.19. The van der Waals surface area contributed by atoms with Crippen molar-refractivity contribution in [3.63, 3.8) is 0 Å². The van der Waals surface area contributed by atoms with Crippen LogP contribution < -0.4 is 10.2 Å². The average molecular weight is 205 g/mol. The lowest BCUT2D eigenvalue weighted by Gasteiger charge is -2.35. The van der Waals surface area contributed by atoms with Gasteiger partial charge in [-0.05, 0) is 25.5 Å². The molecule has 3 heteroatoms. The normalized spacial score (nSPS) is 21.7. The number of aryl methyl sites for hydroxylation is 1. The number of anilines is 1. The van der Waals surface area contributed by atoms with E-state index in [-0.39, 0.29) is 0 Å². The predicted molar refractivity (Wildman–Crippen MR) is 63.3 cm³/mol. The van der Waals surface area contributed by atoms with Gasteiger partial charge in [0, 0.05) is 31.9 Å². The summed E-state index contributed by atoms with van der Waals surface area (Å²) >= 11 is 0. The van der Waals surface area contributed by atoms with Gasteiger partial charge in [0.25, 0.3) is 0 Å². The monoisotopic (exact) mass is 205 g/mol. The minimum absolute atomic E-state index is 0.623. The van der Waals surface area contributed by atoms with Crippen LogP contribution in [0.4, 0.5) is 5.69 Å². The summed E-state index contributed by atoms with van der Waals surface area (Å²) in [6.45, 7) is 7.58. The molecule has 0 aromatic carbocycles. The van der Waals surface area contributed by atoms with Gasteiger partial charge in [0.1, 0.15) is 0 Å². The summed E-state index contributed by atoms with van der Waals surface area (Å²) in [6.07, 6.45) is 3.05. The van der Waals surface area contributed by atoms with Crippen LogP contribution in [0, 0.1) is 6.92 Å². The Morgan fingerprint density at radius 2 is 2.47 bits per heavy atom. The van der Waals surface area contributed by atoms with Crippen LogP contribution in [0.3, 0.4) is 0 Å². The van der Waals surface area contributed by atoms with Crippen LogP contribution in [0.2, 0.25) is 0 Å². The van der Waals surface area contributed by atoms with Gasteiger partial charge in [0.05, 0.1) is 11.4 Å². The number of nitrogens with one attached hydrogen (secondary N) is 1. The third-order valence-corrected chi connectivity index (χ3v) is 3.07. The summed E-state index contributed by atoms with van der Waals surface area (Å²) in [7, 11) is 0. The first-order valence-corrected chi connectivity index (χ1v) is 5.71. The zero-order valence-electron chi connectivity index (χ0n) is 9.53. The summed E-state index contributed by atoms with van der Waals surface area (Å²) in [5, 5.41) is 3.53. The summed E-state index contributed by atoms with van der Waals surface area (Å²) < 4.78 is 0. The van der Waals surface area contributed by atoms with E-state index < -0.39 is 0 Å². The van der Waals surface area contributed by atoms with Crippen LogP contribution in [0.1, 0.15) is 19.0 Å². The Balaban J connectivity index is 2.13. The molecule has 1 saturated heterocycles. The van der Waals surface area contributed by atoms with E-state index in [9.17, 15) is 0 Å². The molecule has 0 bridgehead atoms. The van der Waals surface area contributed by atoms with Crippen molar-refractivity contribution in [2.75, 3.05) is 24.5 Å². The number of hydrogen-bond acceptors (Lipinski definition) is 3. The van der Waals surface area contributed by atoms with Crippen LogP contribution in [0.15, 0.2) is 18.3 Å². The van der Waals surface area contributed by atoms with Gasteiger partial charge < -0.3 is 10.2 Å². The highest BCUT2D eigenvalue weighted by atomic mass is 15.2. The average Bonchev–Trinajstić information content (AvgIpc) is 2.30. The molecule has 1 aliphatic heterocycles. The Morgan fingerprint density at radius 1 is 1.60 bits per heavy atom. The van der Waals surface area contributed by atoms with Gasteiger partial charge in [0.2, 0.25) is 0 Å². The first kappa shape index (κ1) is 10.4. The summed E-state index contributed by atoms with van der Waals surface area (Å²) in [6, 6.07) is 4.81. The van der Waals surface area contributed by atoms with Crippen LogP contribution in [0.5, 0.6) is 0 Å². The number of nitrogens with zero attached hydrogens (tertiary/aromatic N) is 2. The van der Waals surface area contributed by atoms with Crippen LogP contribution in [0.25, 0.3) is 0 Å². The second kappa shape index (κ2) is 4.62. The molecule has 1 aromatic heterocycles. The van der Waals surface area contributed by atoms with Crippen molar-refractivity contribution < 1.29 is 0 Å². The topological polar surface area (TPSA) is 28.2 Å². The number of hydrogen-bond donors (Lipinski definition) is 1. The van der Waals surface area contributed by atoms with Crippen LogP contribution >= 0.6 is 0 Å². The van der Waals surface area contributed by atoms with Gasteiger partial charge in [-0.15, -0.1) is 0 Å². The Hall–Kier alpha value is -1.09. The SMILES string of the molecule is CCC1CN(c2cccnc2C)CCN1. The molecule has 0 amide bonds. The fourth-order valence-electron chi connectivity index (χ4n) is 2.13. The van der Waals surface area contributed by atoms with Gasteiger partial charge in [-0.1, -0.05) is 6.92 Å². The maximum Gasteiger partial charge on any atom is 0.0605 e.